The Morgan fingerprint density at radius 2 is 1.45 bits per heavy atom. The van der Waals surface area contributed by atoms with Crippen LogP contribution in [0.25, 0.3) is 23.5 Å². The van der Waals surface area contributed by atoms with Gasteiger partial charge >= 0.3 is 51.4 Å². The quantitative estimate of drug-likeness (QED) is 0.161. The van der Waals surface area contributed by atoms with Crippen LogP contribution in [-0.2, 0) is 0 Å². The number of amidine groups is 1. The second-order valence-electron chi connectivity index (χ2n) is 8.21. The number of nitrogens with zero attached hydrogens (tertiary/aromatic N) is 2. The number of hydrogen-bond acceptors (Lipinski definition) is 3. The van der Waals surface area contributed by atoms with Crippen LogP contribution in [0.2, 0.25) is 0 Å². The van der Waals surface area contributed by atoms with E-state index < -0.39 is 0 Å². The molecule has 0 unspecified atom stereocenters. The van der Waals surface area contributed by atoms with Crippen molar-refractivity contribution >= 4 is 23.6 Å². The Balaban J connectivity index is 0.00000272. The maximum atomic E-state index is 7.50. The number of benzene rings is 2. The molecule has 4 rings (SSSR count). The second-order valence-corrected chi connectivity index (χ2v) is 8.21. The summed E-state index contributed by atoms with van der Waals surface area (Å²) in [6.07, 6.45) is 10.8. The van der Waals surface area contributed by atoms with Gasteiger partial charge in [0.2, 0.25) is 0 Å². The largest absolute Gasteiger partial charge is 1.00 e. The summed E-state index contributed by atoms with van der Waals surface area (Å²) in [5, 5.41) is 3.43. The summed E-state index contributed by atoms with van der Waals surface area (Å²) in [5.74, 6) is 5.44. The maximum absolute atomic E-state index is 7.50. The van der Waals surface area contributed by atoms with Gasteiger partial charge in [-0.05, 0) is 66.5 Å². The zero-order valence-electron chi connectivity index (χ0n) is 18.6. The molecule has 2 aromatic rings. The minimum absolute atomic E-state index is 0. The molecule has 1 fully saturated rings. The topological polar surface area (TPSA) is 65.4 Å². The first-order valence-corrected chi connectivity index (χ1v) is 11.1. The summed E-state index contributed by atoms with van der Waals surface area (Å²) in [4.78, 5) is 2.59. The van der Waals surface area contributed by atoms with Crippen LogP contribution in [-0.4, -0.2) is 30.4 Å². The van der Waals surface area contributed by atoms with Crippen LogP contribution in [0.3, 0.4) is 0 Å². The number of piperidine rings is 1. The summed E-state index contributed by atoms with van der Waals surface area (Å²) in [6.45, 7) is 3.40. The zero-order valence-corrected chi connectivity index (χ0v) is 21.7. The Morgan fingerprint density at radius 3 is 2.03 bits per heavy atom. The van der Waals surface area contributed by atoms with E-state index in [0.29, 0.717) is 12.3 Å². The van der Waals surface area contributed by atoms with E-state index >= 15 is 0 Å². The second kappa shape index (κ2) is 12.1. The number of likely N-dealkylation sites (tertiary alicyclic amines) is 1. The monoisotopic (exact) mass is 438 g/mol. The third-order valence-electron chi connectivity index (χ3n) is 6.26. The standard InChI is InChI=1S/C26H31N4.K/c27-25(29-28)12-2-1-7-17-30-18-15-22(16-19-30)26-23-10-5-3-8-20(23)13-14-21-9-4-6-11-24(21)26;/h3-6,8-11,13-14H,1-2,7,12,15-19,28H2,(H-,27,29);/q-1;+1. The van der Waals surface area contributed by atoms with Gasteiger partial charge in [0, 0.05) is 13.1 Å². The van der Waals surface area contributed by atoms with Crippen LogP contribution in [0.5, 0.6) is 0 Å². The number of nitrogens with one attached hydrogen (secondary N) is 1. The van der Waals surface area contributed by atoms with Crippen molar-refractivity contribution in [1.29, 1.82) is 0 Å². The molecule has 0 spiro atoms. The first-order valence-electron chi connectivity index (χ1n) is 11.1. The Labute approximate surface area is 228 Å². The van der Waals surface area contributed by atoms with Gasteiger partial charge in [-0.15, -0.1) is 0 Å². The van der Waals surface area contributed by atoms with Crippen molar-refractivity contribution in [3.63, 3.8) is 0 Å². The summed E-state index contributed by atoms with van der Waals surface area (Å²) < 4.78 is 0. The molecule has 31 heavy (non-hydrogen) atoms. The minimum Gasteiger partial charge on any atom is -0.485 e. The third kappa shape index (κ3) is 6.19. The van der Waals surface area contributed by atoms with Crippen LogP contribution < -0.4 is 57.2 Å². The van der Waals surface area contributed by atoms with E-state index in [1.807, 2.05) is 0 Å². The van der Waals surface area contributed by atoms with Crippen molar-refractivity contribution in [2.75, 3.05) is 19.6 Å². The SMILES string of the molecule is [K+].[NH-]/C(CCCCCN1CCC(=C2c3ccccc3C=Cc3ccccc32)CC1)=N\N. The van der Waals surface area contributed by atoms with Crippen LogP contribution in [0.4, 0.5) is 0 Å². The van der Waals surface area contributed by atoms with E-state index in [2.05, 4.69) is 70.7 Å². The predicted molar refractivity (Wildman–Crippen MR) is 128 cm³/mol. The Kier molecular flexibility index (Phi) is 9.57. The Bertz CT molecular complexity index is 915. The van der Waals surface area contributed by atoms with Gasteiger partial charge in [-0.3, -0.25) is 0 Å². The Hall–Kier alpha value is -1.21. The van der Waals surface area contributed by atoms with Crippen LogP contribution >= 0.6 is 0 Å². The van der Waals surface area contributed by atoms with Gasteiger partial charge in [0.15, 0.2) is 0 Å². The fourth-order valence-electron chi connectivity index (χ4n) is 4.61. The van der Waals surface area contributed by atoms with Crippen molar-refractivity contribution in [3.8, 4) is 0 Å². The molecule has 1 aliphatic heterocycles. The number of fused-ring (bicyclic) bond motifs is 2. The fourth-order valence-corrected chi connectivity index (χ4v) is 4.61. The van der Waals surface area contributed by atoms with E-state index in [9.17, 15) is 0 Å². The maximum Gasteiger partial charge on any atom is 1.00 e. The molecule has 4 nitrogen and oxygen atoms in total. The molecule has 5 heteroatoms. The summed E-state index contributed by atoms with van der Waals surface area (Å²) in [5.41, 5.74) is 15.9. The van der Waals surface area contributed by atoms with E-state index in [1.165, 1.54) is 34.2 Å². The third-order valence-corrected chi connectivity index (χ3v) is 6.26. The average Bonchev–Trinajstić information content (AvgIpc) is 2.96. The first-order chi connectivity index (χ1) is 14.8. The molecule has 1 saturated heterocycles. The smallest absolute Gasteiger partial charge is 0.485 e. The molecule has 0 saturated carbocycles. The normalized spacial score (nSPS) is 16.3. The van der Waals surface area contributed by atoms with E-state index in [0.717, 1.165) is 45.3 Å². The molecule has 1 aliphatic carbocycles. The fraction of sp³-hybridized carbons (Fsp3) is 0.346. The van der Waals surface area contributed by atoms with Crippen LogP contribution in [0, 0.1) is 0 Å². The van der Waals surface area contributed by atoms with Crippen molar-refractivity contribution < 1.29 is 51.4 Å². The predicted octanol–water partition coefficient (Wildman–Crippen LogP) is 2.96. The number of rotatable bonds is 6. The van der Waals surface area contributed by atoms with Gasteiger partial charge in [0.25, 0.3) is 0 Å². The van der Waals surface area contributed by atoms with Crippen molar-refractivity contribution in [2.24, 2.45) is 10.9 Å². The first kappa shape index (κ1) is 24.4. The van der Waals surface area contributed by atoms with Gasteiger partial charge in [0.05, 0.1) is 0 Å². The molecule has 2 aromatic carbocycles. The molecule has 0 atom stereocenters. The van der Waals surface area contributed by atoms with Gasteiger partial charge in [-0.2, -0.15) is 0 Å². The van der Waals surface area contributed by atoms with Crippen LogP contribution in [0.1, 0.15) is 60.8 Å². The molecule has 1 heterocycles. The molecule has 3 N–H and O–H groups in total. The molecule has 0 radical (unpaired) electrons. The van der Waals surface area contributed by atoms with Crippen molar-refractivity contribution in [1.82, 2.24) is 4.90 Å². The van der Waals surface area contributed by atoms with Gasteiger partial charge < -0.3 is 21.6 Å². The van der Waals surface area contributed by atoms with Gasteiger partial charge in [-0.25, -0.2) is 0 Å². The summed E-state index contributed by atoms with van der Waals surface area (Å²) in [6, 6.07) is 17.6. The zero-order chi connectivity index (χ0) is 20.8. The molecule has 2 aliphatic rings. The van der Waals surface area contributed by atoms with E-state index in [-0.39, 0.29) is 51.4 Å². The summed E-state index contributed by atoms with van der Waals surface area (Å²) >= 11 is 0. The number of hydrogen-bond donors (Lipinski definition) is 1. The van der Waals surface area contributed by atoms with Gasteiger partial charge in [0.1, 0.15) is 0 Å². The molecular formula is C26H31KN4. The number of nitrogens with two attached hydrogens (primary N) is 1. The number of unbranched alkanes of at least 4 members (excludes halogenated alkanes) is 2. The van der Waals surface area contributed by atoms with Gasteiger partial charge in [-0.1, -0.05) is 78.5 Å². The van der Waals surface area contributed by atoms with E-state index in [1.54, 1.807) is 5.57 Å². The summed E-state index contributed by atoms with van der Waals surface area (Å²) in [7, 11) is 0. The van der Waals surface area contributed by atoms with Crippen molar-refractivity contribution in [3.05, 3.63) is 82.1 Å². The minimum atomic E-state index is 0. The van der Waals surface area contributed by atoms with E-state index in [4.69, 9.17) is 11.6 Å². The number of hydrazone groups is 1. The molecule has 0 bridgehead atoms. The molecule has 0 aromatic heterocycles. The Morgan fingerprint density at radius 1 is 0.871 bits per heavy atom. The molecule has 156 valence electrons. The molecule has 0 amide bonds. The van der Waals surface area contributed by atoms with Crippen molar-refractivity contribution in [2.45, 2.75) is 38.5 Å². The molecular weight excluding hydrogens is 407 g/mol. The van der Waals surface area contributed by atoms with Crippen LogP contribution in [0.15, 0.2) is 59.2 Å². The average molecular weight is 439 g/mol.